The Morgan fingerprint density at radius 3 is 2.25 bits per heavy atom. The smallest absolute Gasteiger partial charge is 0.414 e. The molecule has 0 saturated carbocycles. The molecule has 0 aliphatic carbocycles. The third kappa shape index (κ3) is 6.32. The van der Waals surface area contributed by atoms with E-state index in [1.807, 2.05) is 11.8 Å². The fourth-order valence-corrected chi connectivity index (χ4v) is 5.16. The van der Waals surface area contributed by atoms with Crippen LogP contribution >= 0.6 is 11.8 Å². The highest BCUT2D eigenvalue weighted by atomic mass is 32.2. The maximum atomic E-state index is 9.10. The van der Waals surface area contributed by atoms with Crippen molar-refractivity contribution in [3.8, 4) is 0 Å². The molecule has 2 aromatic carbocycles. The molecule has 0 bridgehead atoms. The summed E-state index contributed by atoms with van der Waals surface area (Å²) in [5.74, 6) is -2.58. The summed E-state index contributed by atoms with van der Waals surface area (Å²) in [4.78, 5) is 24.9. The zero-order valence-corrected chi connectivity index (χ0v) is 19.1. The number of fused-ring (bicyclic) bond motifs is 2. The molecule has 2 aromatic rings. The minimum Gasteiger partial charge on any atom is -0.473 e. The van der Waals surface area contributed by atoms with Gasteiger partial charge >= 0.3 is 11.9 Å². The Kier molecular flexibility index (Phi) is 9.11. The van der Waals surface area contributed by atoms with Crippen LogP contribution in [-0.2, 0) is 20.1 Å². The Morgan fingerprint density at radius 1 is 0.969 bits per heavy atom. The van der Waals surface area contributed by atoms with Crippen molar-refractivity contribution in [2.45, 2.75) is 23.6 Å². The predicted molar refractivity (Wildman–Crippen MR) is 124 cm³/mol. The average Bonchev–Trinajstić information content (AvgIpc) is 2.97. The quantitative estimate of drug-likeness (QED) is 0.522. The predicted octanol–water partition coefficient (Wildman–Crippen LogP) is 3.19. The first-order valence-electron chi connectivity index (χ1n) is 10.8. The van der Waals surface area contributed by atoms with Crippen LogP contribution in [-0.4, -0.2) is 77.9 Å². The molecular formula is C24H30N2O5S. The third-order valence-electron chi connectivity index (χ3n) is 5.66. The van der Waals surface area contributed by atoms with E-state index >= 15 is 0 Å². The van der Waals surface area contributed by atoms with Crippen molar-refractivity contribution in [3.05, 3.63) is 65.2 Å². The molecule has 0 amide bonds. The first-order valence-corrected chi connectivity index (χ1v) is 11.8. The van der Waals surface area contributed by atoms with Gasteiger partial charge in [0.1, 0.15) is 0 Å². The summed E-state index contributed by atoms with van der Waals surface area (Å²) in [7, 11) is 0. The van der Waals surface area contributed by atoms with E-state index in [1.165, 1.54) is 21.6 Å². The van der Waals surface area contributed by atoms with Crippen LogP contribution in [0.4, 0.5) is 0 Å². The standard InChI is InChI=1S/C22H28N2OS.C2H2O4/c1-2-25-16-15-23-11-13-24(14-12-23)22-19-8-4-3-7-18(19)17-26-21-10-6-5-9-20(21)22;3-1(4)2(5)6/h3-10,22H,2,11-17H2,1H3;(H,3,4)(H,5,6). The third-order valence-corrected chi connectivity index (χ3v) is 6.80. The van der Waals surface area contributed by atoms with Gasteiger partial charge in [-0.1, -0.05) is 42.5 Å². The van der Waals surface area contributed by atoms with Gasteiger partial charge in [-0.05, 0) is 29.7 Å². The van der Waals surface area contributed by atoms with E-state index in [2.05, 4.69) is 65.3 Å². The SMILES string of the molecule is CCOCCN1CCN(C2c3ccccc3CSc3ccccc32)CC1.O=C(O)C(=O)O. The zero-order valence-electron chi connectivity index (χ0n) is 18.3. The Balaban J connectivity index is 0.000000427. The summed E-state index contributed by atoms with van der Waals surface area (Å²) in [6, 6.07) is 18.4. The van der Waals surface area contributed by atoms with Gasteiger partial charge in [0.25, 0.3) is 0 Å². The highest BCUT2D eigenvalue weighted by molar-refractivity contribution is 7.98. The monoisotopic (exact) mass is 458 g/mol. The fourth-order valence-electron chi connectivity index (χ4n) is 4.07. The van der Waals surface area contributed by atoms with E-state index in [9.17, 15) is 0 Å². The molecule has 32 heavy (non-hydrogen) atoms. The lowest BCUT2D eigenvalue weighted by atomic mass is 9.93. The van der Waals surface area contributed by atoms with E-state index in [4.69, 9.17) is 24.5 Å². The lowest BCUT2D eigenvalue weighted by Crippen LogP contribution is -2.48. The van der Waals surface area contributed by atoms with Crippen molar-refractivity contribution >= 4 is 23.7 Å². The van der Waals surface area contributed by atoms with Gasteiger partial charge in [-0.3, -0.25) is 9.80 Å². The van der Waals surface area contributed by atoms with Gasteiger partial charge in [0.2, 0.25) is 0 Å². The van der Waals surface area contributed by atoms with Crippen molar-refractivity contribution < 1.29 is 24.5 Å². The highest BCUT2D eigenvalue weighted by Crippen LogP contribution is 2.42. The molecule has 8 heteroatoms. The van der Waals surface area contributed by atoms with Crippen molar-refractivity contribution in [3.63, 3.8) is 0 Å². The second-order valence-electron chi connectivity index (χ2n) is 7.61. The molecule has 2 aliphatic rings. The van der Waals surface area contributed by atoms with Crippen molar-refractivity contribution in [2.24, 2.45) is 0 Å². The molecule has 0 radical (unpaired) electrons. The maximum Gasteiger partial charge on any atom is 0.414 e. The van der Waals surface area contributed by atoms with Gasteiger partial charge in [-0.2, -0.15) is 0 Å². The second kappa shape index (κ2) is 12.0. The number of aliphatic carboxylic acids is 2. The molecular weight excluding hydrogens is 428 g/mol. The number of nitrogens with zero attached hydrogens (tertiary/aromatic N) is 2. The number of thioether (sulfide) groups is 1. The first-order chi connectivity index (χ1) is 15.5. The molecule has 1 saturated heterocycles. The molecule has 0 aromatic heterocycles. The van der Waals surface area contributed by atoms with Crippen LogP contribution in [0.1, 0.15) is 29.7 Å². The molecule has 0 spiro atoms. The Labute approximate surface area is 193 Å². The number of hydrogen-bond acceptors (Lipinski definition) is 6. The van der Waals surface area contributed by atoms with Crippen molar-refractivity contribution in [1.82, 2.24) is 9.80 Å². The van der Waals surface area contributed by atoms with Gasteiger partial charge in [0.05, 0.1) is 12.6 Å². The van der Waals surface area contributed by atoms with Gasteiger partial charge in [-0.25, -0.2) is 9.59 Å². The number of piperazine rings is 1. The van der Waals surface area contributed by atoms with Crippen molar-refractivity contribution in [2.75, 3.05) is 45.9 Å². The number of rotatable bonds is 5. The van der Waals surface area contributed by atoms with Crippen LogP contribution in [0.3, 0.4) is 0 Å². The molecule has 2 aliphatic heterocycles. The van der Waals surface area contributed by atoms with E-state index < -0.39 is 11.9 Å². The summed E-state index contributed by atoms with van der Waals surface area (Å²) in [5.41, 5.74) is 4.45. The van der Waals surface area contributed by atoms with Gasteiger partial charge in [-0.15, -0.1) is 11.8 Å². The van der Waals surface area contributed by atoms with E-state index in [0.717, 1.165) is 51.7 Å². The Morgan fingerprint density at radius 2 is 1.59 bits per heavy atom. The highest BCUT2D eigenvalue weighted by Gasteiger charge is 2.30. The number of carboxylic acids is 2. The lowest BCUT2D eigenvalue weighted by Gasteiger charge is -2.40. The number of carbonyl (C=O) groups is 2. The van der Waals surface area contributed by atoms with Crippen molar-refractivity contribution in [1.29, 1.82) is 0 Å². The summed E-state index contributed by atoms with van der Waals surface area (Å²) in [6.45, 7) is 9.26. The van der Waals surface area contributed by atoms with E-state index in [-0.39, 0.29) is 0 Å². The van der Waals surface area contributed by atoms with Crippen LogP contribution in [0.2, 0.25) is 0 Å². The van der Waals surface area contributed by atoms with Crippen LogP contribution in [0.5, 0.6) is 0 Å². The average molecular weight is 459 g/mol. The molecule has 2 N–H and O–H groups in total. The Bertz CT molecular complexity index is 855. The molecule has 172 valence electrons. The number of carboxylic acid groups (broad SMARTS) is 2. The molecule has 1 atom stereocenters. The van der Waals surface area contributed by atoms with Crippen LogP contribution in [0.15, 0.2) is 53.4 Å². The normalized spacial score (nSPS) is 18.5. The first kappa shape index (κ1) is 24.3. The van der Waals surface area contributed by atoms with Gasteiger partial charge in [0, 0.05) is 50.0 Å². The second-order valence-corrected chi connectivity index (χ2v) is 8.63. The molecule has 4 rings (SSSR count). The number of hydrogen-bond donors (Lipinski definition) is 2. The van der Waals surface area contributed by atoms with Crippen LogP contribution in [0.25, 0.3) is 0 Å². The van der Waals surface area contributed by atoms with Crippen LogP contribution < -0.4 is 0 Å². The number of benzene rings is 2. The largest absolute Gasteiger partial charge is 0.473 e. The van der Waals surface area contributed by atoms with Gasteiger partial charge < -0.3 is 14.9 Å². The molecule has 1 unspecified atom stereocenters. The minimum atomic E-state index is -1.82. The minimum absolute atomic E-state index is 0.381. The van der Waals surface area contributed by atoms with E-state index in [1.54, 1.807) is 0 Å². The lowest BCUT2D eigenvalue weighted by molar-refractivity contribution is -0.159. The summed E-state index contributed by atoms with van der Waals surface area (Å²) in [5, 5.41) is 14.8. The summed E-state index contributed by atoms with van der Waals surface area (Å²) in [6.07, 6.45) is 0. The fraction of sp³-hybridized carbons (Fsp3) is 0.417. The Hall–Kier alpha value is -2.39. The zero-order chi connectivity index (χ0) is 22.9. The molecule has 2 heterocycles. The topological polar surface area (TPSA) is 90.3 Å². The van der Waals surface area contributed by atoms with E-state index in [0.29, 0.717) is 6.04 Å². The van der Waals surface area contributed by atoms with Crippen LogP contribution in [0, 0.1) is 0 Å². The number of ether oxygens (including phenoxy) is 1. The van der Waals surface area contributed by atoms with Gasteiger partial charge in [0.15, 0.2) is 0 Å². The molecule has 1 fully saturated rings. The summed E-state index contributed by atoms with van der Waals surface area (Å²) >= 11 is 1.98. The summed E-state index contributed by atoms with van der Waals surface area (Å²) < 4.78 is 5.53. The molecule has 7 nitrogen and oxygen atoms in total. The maximum absolute atomic E-state index is 9.10.